The molecule has 1 aromatic heterocycles. The maximum absolute atomic E-state index is 13.0. The summed E-state index contributed by atoms with van der Waals surface area (Å²) in [7, 11) is 0. The Kier molecular flexibility index (Phi) is 4.55. The molecule has 0 radical (unpaired) electrons. The number of benzene rings is 1. The highest BCUT2D eigenvalue weighted by Crippen LogP contribution is 2.05. The third kappa shape index (κ3) is 3.47. The molecule has 0 bridgehead atoms. The fourth-order valence-electron chi connectivity index (χ4n) is 1.70. The van der Waals surface area contributed by atoms with Crippen LogP contribution < -0.4 is 5.43 Å². The minimum absolute atomic E-state index is 0.235. The molecule has 102 valence electrons. The van der Waals surface area contributed by atoms with E-state index in [0.717, 1.165) is 11.3 Å². The van der Waals surface area contributed by atoms with Crippen LogP contribution in [-0.4, -0.2) is 16.6 Å². The van der Waals surface area contributed by atoms with Crippen molar-refractivity contribution >= 4 is 11.6 Å². The maximum atomic E-state index is 13.0. The maximum Gasteiger partial charge on any atom is 0.271 e. The number of amides is 1. The zero-order chi connectivity index (χ0) is 14.4. The predicted octanol–water partition coefficient (Wildman–Crippen LogP) is 2.76. The van der Waals surface area contributed by atoms with Gasteiger partial charge in [0, 0.05) is 23.5 Å². The molecule has 1 amide bonds. The quantitative estimate of drug-likeness (QED) is 0.686. The van der Waals surface area contributed by atoms with Crippen LogP contribution in [0.3, 0.4) is 0 Å². The van der Waals surface area contributed by atoms with Gasteiger partial charge in [-0.05, 0) is 36.8 Å². The Hall–Kier alpha value is -2.56. The number of hydrogen-bond donors (Lipinski definition) is 1. The van der Waals surface area contributed by atoms with Crippen molar-refractivity contribution in [2.75, 3.05) is 0 Å². The molecule has 0 aliphatic rings. The lowest BCUT2D eigenvalue weighted by atomic mass is 10.1. The fraction of sp³-hybridized carbons (Fsp3) is 0.133. The van der Waals surface area contributed by atoms with E-state index in [2.05, 4.69) is 15.5 Å². The molecular formula is C15H14FN3O. The van der Waals surface area contributed by atoms with E-state index in [4.69, 9.17) is 0 Å². The van der Waals surface area contributed by atoms with Gasteiger partial charge in [0.05, 0.1) is 5.71 Å². The smallest absolute Gasteiger partial charge is 0.267 e. The minimum Gasteiger partial charge on any atom is -0.267 e. The van der Waals surface area contributed by atoms with Gasteiger partial charge in [-0.2, -0.15) is 5.10 Å². The minimum atomic E-state index is -0.452. The van der Waals surface area contributed by atoms with Crippen LogP contribution in [0, 0.1) is 5.82 Å². The molecule has 0 spiro atoms. The summed E-state index contributed by atoms with van der Waals surface area (Å²) < 4.78 is 13.0. The molecule has 5 heteroatoms. The van der Waals surface area contributed by atoms with Crippen molar-refractivity contribution in [1.29, 1.82) is 0 Å². The van der Waals surface area contributed by atoms with Crippen molar-refractivity contribution in [3.63, 3.8) is 0 Å². The molecule has 0 saturated carbocycles. The fourth-order valence-corrected chi connectivity index (χ4v) is 1.70. The van der Waals surface area contributed by atoms with Gasteiger partial charge in [-0.25, -0.2) is 9.82 Å². The Balaban J connectivity index is 2.13. The van der Waals surface area contributed by atoms with Crippen molar-refractivity contribution in [2.45, 2.75) is 13.3 Å². The molecule has 1 heterocycles. The van der Waals surface area contributed by atoms with E-state index in [9.17, 15) is 9.18 Å². The Bertz CT molecular complexity index is 626. The van der Waals surface area contributed by atoms with Crippen LogP contribution in [0.2, 0.25) is 0 Å². The number of carbonyl (C=O) groups is 1. The molecule has 0 saturated heterocycles. The lowest BCUT2D eigenvalue weighted by Crippen LogP contribution is -2.20. The highest BCUT2D eigenvalue weighted by Gasteiger charge is 2.06. The van der Waals surface area contributed by atoms with Crippen molar-refractivity contribution in [2.24, 2.45) is 5.10 Å². The number of nitrogens with one attached hydrogen (secondary N) is 1. The largest absolute Gasteiger partial charge is 0.271 e. The van der Waals surface area contributed by atoms with Crippen LogP contribution >= 0.6 is 0 Å². The average Bonchev–Trinajstić information content (AvgIpc) is 2.49. The molecule has 4 nitrogen and oxygen atoms in total. The summed E-state index contributed by atoms with van der Waals surface area (Å²) in [6, 6.07) is 9.11. The van der Waals surface area contributed by atoms with E-state index in [0.29, 0.717) is 6.42 Å². The van der Waals surface area contributed by atoms with Crippen LogP contribution in [0.4, 0.5) is 4.39 Å². The lowest BCUT2D eigenvalue weighted by molar-refractivity contribution is 0.0954. The van der Waals surface area contributed by atoms with E-state index in [1.54, 1.807) is 12.4 Å². The monoisotopic (exact) mass is 271 g/mol. The van der Waals surface area contributed by atoms with Crippen molar-refractivity contribution in [3.05, 3.63) is 65.7 Å². The first-order chi connectivity index (χ1) is 9.70. The summed E-state index contributed by atoms with van der Waals surface area (Å²) in [5.74, 6) is -0.893. The first-order valence-corrected chi connectivity index (χ1v) is 6.23. The van der Waals surface area contributed by atoms with Crippen LogP contribution in [0.25, 0.3) is 0 Å². The number of carbonyl (C=O) groups excluding carboxylic acids is 1. The Morgan fingerprint density at radius 1 is 1.25 bits per heavy atom. The zero-order valence-corrected chi connectivity index (χ0v) is 11.0. The van der Waals surface area contributed by atoms with E-state index >= 15 is 0 Å². The Morgan fingerprint density at radius 2 is 2.00 bits per heavy atom. The topological polar surface area (TPSA) is 54.4 Å². The molecule has 0 fully saturated rings. The number of hydrazone groups is 1. The number of hydrogen-bond acceptors (Lipinski definition) is 3. The Morgan fingerprint density at radius 3 is 2.65 bits per heavy atom. The SMILES string of the molecule is CCC(=NNC(=O)c1cccc(F)c1)c1ccncc1. The van der Waals surface area contributed by atoms with E-state index in [1.165, 1.54) is 24.3 Å². The van der Waals surface area contributed by atoms with Gasteiger partial charge in [-0.3, -0.25) is 9.78 Å². The van der Waals surface area contributed by atoms with Gasteiger partial charge in [0.25, 0.3) is 5.91 Å². The van der Waals surface area contributed by atoms with Crippen molar-refractivity contribution < 1.29 is 9.18 Å². The predicted molar refractivity (Wildman–Crippen MR) is 74.9 cm³/mol. The number of aromatic nitrogens is 1. The highest BCUT2D eigenvalue weighted by atomic mass is 19.1. The third-order valence-corrected chi connectivity index (χ3v) is 2.73. The highest BCUT2D eigenvalue weighted by molar-refractivity contribution is 6.02. The van der Waals surface area contributed by atoms with Crippen molar-refractivity contribution in [3.8, 4) is 0 Å². The van der Waals surface area contributed by atoms with Gasteiger partial charge < -0.3 is 0 Å². The lowest BCUT2D eigenvalue weighted by Gasteiger charge is -2.05. The van der Waals surface area contributed by atoms with Gasteiger partial charge in [-0.1, -0.05) is 13.0 Å². The number of pyridine rings is 1. The van der Waals surface area contributed by atoms with Crippen LogP contribution in [0.5, 0.6) is 0 Å². The molecule has 0 aliphatic heterocycles. The molecule has 0 unspecified atom stereocenters. The Labute approximate surface area is 116 Å². The number of halogens is 1. The number of rotatable bonds is 4. The van der Waals surface area contributed by atoms with E-state index < -0.39 is 11.7 Å². The van der Waals surface area contributed by atoms with Gasteiger partial charge in [0.15, 0.2) is 0 Å². The van der Waals surface area contributed by atoms with E-state index in [-0.39, 0.29) is 5.56 Å². The molecule has 20 heavy (non-hydrogen) atoms. The summed E-state index contributed by atoms with van der Waals surface area (Å²) >= 11 is 0. The van der Waals surface area contributed by atoms with Gasteiger partial charge >= 0.3 is 0 Å². The molecule has 1 N–H and O–H groups in total. The van der Waals surface area contributed by atoms with Crippen molar-refractivity contribution in [1.82, 2.24) is 10.4 Å². The normalized spacial score (nSPS) is 11.2. The zero-order valence-electron chi connectivity index (χ0n) is 11.0. The first kappa shape index (κ1) is 13.9. The van der Waals surface area contributed by atoms with Crippen LogP contribution in [0.1, 0.15) is 29.3 Å². The molecular weight excluding hydrogens is 257 g/mol. The second-order valence-electron chi connectivity index (χ2n) is 4.10. The number of nitrogens with zero attached hydrogens (tertiary/aromatic N) is 2. The van der Waals surface area contributed by atoms with Crippen LogP contribution in [0.15, 0.2) is 53.9 Å². The van der Waals surface area contributed by atoms with Gasteiger partial charge in [0.1, 0.15) is 5.82 Å². The summed E-state index contributed by atoms with van der Waals surface area (Å²) in [5.41, 5.74) is 4.30. The van der Waals surface area contributed by atoms with E-state index in [1.807, 2.05) is 19.1 Å². The molecule has 0 atom stereocenters. The summed E-state index contributed by atoms with van der Waals surface area (Å²) in [6.45, 7) is 1.94. The molecule has 2 rings (SSSR count). The van der Waals surface area contributed by atoms with Crippen LogP contribution in [-0.2, 0) is 0 Å². The first-order valence-electron chi connectivity index (χ1n) is 6.23. The standard InChI is InChI=1S/C15H14FN3O/c1-2-14(11-6-8-17-9-7-11)18-19-15(20)12-4-3-5-13(16)10-12/h3-10H,2H2,1H3,(H,19,20). The molecule has 0 aliphatic carbocycles. The van der Waals surface area contributed by atoms with Gasteiger partial charge in [-0.15, -0.1) is 0 Å². The molecule has 1 aromatic carbocycles. The summed E-state index contributed by atoms with van der Waals surface area (Å²) in [4.78, 5) is 15.8. The molecule has 2 aromatic rings. The second-order valence-corrected chi connectivity index (χ2v) is 4.10. The second kappa shape index (κ2) is 6.56. The summed E-state index contributed by atoms with van der Waals surface area (Å²) in [5, 5.41) is 4.09. The average molecular weight is 271 g/mol. The third-order valence-electron chi connectivity index (χ3n) is 2.73. The summed E-state index contributed by atoms with van der Waals surface area (Å²) in [6.07, 6.45) is 3.98. The van der Waals surface area contributed by atoms with Gasteiger partial charge in [0.2, 0.25) is 0 Å².